The lowest BCUT2D eigenvalue weighted by Gasteiger charge is -2.15. The molecule has 0 spiro atoms. The van der Waals surface area contributed by atoms with Crippen molar-refractivity contribution in [3.63, 3.8) is 0 Å². The number of esters is 1. The van der Waals surface area contributed by atoms with Crippen LogP contribution in [0.5, 0.6) is 28.7 Å². The molecule has 0 aliphatic heterocycles. The highest BCUT2D eigenvalue weighted by atomic mass is 79.9. The van der Waals surface area contributed by atoms with E-state index in [9.17, 15) is 61.6 Å². The number of carboxylic acids is 3. The molecule has 0 aliphatic rings. The van der Waals surface area contributed by atoms with Gasteiger partial charge in [0.2, 0.25) is 0 Å². The number of phenols is 1. The minimum Gasteiger partial charge on any atom is -0.505 e. The highest BCUT2D eigenvalue weighted by molar-refractivity contribution is 9.11. The molecule has 0 radical (unpaired) electrons. The number of hydrogen-bond donors (Lipinski definition) is 4. The third-order valence-corrected chi connectivity index (χ3v) is 24.9. The van der Waals surface area contributed by atoms with E-state index in [4.69, 9.17) is 28.7 Å². The molecule has 0 aliphatic carbocycles. The molecular weight excluding hydrogens is 2030 g/mol. The number of carbonyl (C=O) groups excluding carboxylic acids is 1. The Bertz CT molecular complexity index is 7790. The van der Waals surface area contributed by atoms with Gasteiger partial charge in [-0.05, 0) is 269 Å². The number of halogens is 8. The number of aromatic nitrogens is 5. The fourth-order valence-corrected chi connectivity index (χ4v) is 17.6. The van der Waals surface area contributed by atoms with Crippen LogP contribution in [0.4, 0.5) is 22.0 Å². The van der Waals surface area contributed by atoms with Crippen LogP contribution in [-0.4, -0.2) is 76.3 Å². The van der Waals surface area contributed by atoms with E-state index in [0.717, 1.165) is 121 Å². The van der Waals surface area contributed by atoms with Crippen LogP contribution in [0, 0.1) is 49.9 Å². The fourth-order valence-electron chi connectivity index (χ4n) is 15.8. The number of aromatic carboxylic acids is 3. The molecule has 0 bridgehead atoms. The minimum absolute atomic E-state index is 0.0154. The zero-order valence-corrected chi connectivity index (χ0v) is 83.6. The Labute approximate surface area is 852 Å². The maximum absolute atomic E-state index is 13.2. The average Bonchev–Trinajstić information content (AvgIpc) is 0.804. The van der Waals surface area contributed by atoms with Gasteiger partial charge in [-0.15, -0.1) is 0 Å². The quantitative estimate of drug-likeness (QED) is 0.0290. The van der Waals surface area contributed by atoms with Gasteiger partial charge in [0.1, 0.15) is 111 Å². The van der Waals surface area contributed by atoms with Gasteiger partial charge < -0.3 is 44.1 Å². The Morgan fingerprint density at radius 3 is 0.806 bits per heavy atom. The van der Waals surface area contributed by atoms with Gasteiger partial charge in [-0.2, -0.15) is 0 Å². The third-order valence-electron chi connectivity index (χ3n) is 23.0. The van der Waals surface area contributed by atoms with Gasteiger partial charge >= 0.3 is 23.9 Å². The predicted molar refractivity (Wildman–Crippen MR) is 560 cm³/mol. The number of methoxy groups -OCH3 is 1. The first kappa shape index (κ1) is 104. The predicted octanol–water partition coefficient (Wildman–Crippen LogP) is 29.0. The molecule has 0 amide bonds. The molecule has 19 aromatic rings. The van der Waals surface area contributed by atoms with Crippen LogP contribution in [0.25, 0.3) is 54.5 Å². The number of aryl methyl sites for hydroxylation is 3. The first-order valence-corrected chi connectivity index (χ1v) is 48.0. The van der Waals surface area contributed by atoms with Crippen LogP contribution in [0.1, 0.15) is 150 Å². The molecule has 0 unspecified atom stereocenters. The number of benzene rings is 14. The summed E-state index contributed by atoms with van der Waals surface area (Å²) in [5.74, 6) is -3.06. The fraction of sp³-hybridized carbons (Fsp3) is 0.127. The van der Waals surface area contributed by atoms with Crippen LogP contribution in [-0.2, 0) is 63.3 Å². The molecule has 19 rings (SSSR count). The van der Waals surface area contributed by atoms with Gasteiger partial charge in [0, 0.05) is 71.3 Å². The van der Waals surface area contributed by atoms with Crippen molar-refractivity contribution >= 4 is 126 Å². The topological polar surface area (TPSA) is 260 Å². The first-order chi connectivity index (χ1) is 69.6. The van der Waals surface area contributed by atoms with E-state index in [1.165, 1.54) is 79.9 Å². The first-order valence-electron chi connectivity index (χ1n) is 45.6. The van der Waals surface area contributed by atoms with Crippen LogP contribution in [0.3, 0.4) is 0 Å². The van der Waals surface area contributed by atoms with Crippen molar-refractivity contribution in [2.24, 2.45) is 0 Å². The largest absolute Gasteiger partial charge is 0.505 e. The van der Waals surface area contributed by atoms with E-state index in [2.05, 4.69) is 79.9 Å². The van der Waals surface area contributed by atoms with Crippen molar-refractivity contribution in [1.82, 2.24) is 24.9 Å². The van der Waals surface area contributed by atoms with E-state index >= 15 is 0 Å². The lowest BCUT2D eigenvalue weighted by molar-refractivity contribution is 0.0593. The number of aromatic hydroxyl groups is 1. The van der Waals surface area contributed by atoms with Gasteiger partial charge in [0.05, 0.1) is 18.2 Å². The van der Waals surface area contributed by atoms with Crippen LogP contribution >= 0.6 is 47.8 Å². The van der Waals surface area contributed by atoms with E-state index in [-0.39, 0.29) is 69.4 Å². The second-order valence-corrected chi connectivity index (χ2v) is 35.9. The SMILES string of the molecule is CC.COC(=O)c1cc(Br)c2cc(Cc3ccc(F)cc3)cnc2c1OCc1ccccc1.Cc1cc(Br)c2cc(Cc3ccc(F)cc3)cnc2c1OCc1ccccc1.Cc1cc(C(=O)O)c2cc(Cc3ccc(F)cc3)cnc2c1O.Cc1cc(C(=O)O)c2cc(Cc3ccc(F)cc3)cnc2c1OCc1ccccc1.O=C(O)c1cc(Br)c2cc(Cc3ccc(F)cc3)cnc2c1OCc1ccccc1. The summed E-state index contributed by atoms with van der Waals surface area (Å²) < 4.78 is 97.0. The Morgan fingerprint density at radius 1 is 0.271 bits per heavy atom. The van der Waals surface area contributed by atoms with E-state index in [1.807, 2.05) is 173 Å². The highest BCUT2D eigenvalue weighted by Gasteiger charge is 2.25. The number of fused-ring (bicyclic) bond motifs is 5. The summed E-state index contributed by atoms with van der Waals surface area (Å²) in [7, 11) is 1.33. The number of carbonyl (C=O) groups is 4. The second-order valence-electron chi connectivity index (χ2n) is 33.4. The summed E-state index contributed by atoms with van der Waals surface area (Å²) >= 11 is 10.7. The number of nitrogens with zero attached hydrogens (tertiary/aromatic N) is 5. The van der Waals surface area contributed by atoms with Gasteiger partial charge in [-0.25, -0.2) is 41.1 Å². The number of phenolic OH excluding ortho intramolecular Hbond substituents is 1. The Hall–Kier alpha value is -15.9. The minimum atomic E-state index is -1.09. The van der Waals surface area contributed by atoms with Gasteiger partial charge in [-0.3, -0.25) is 24.9 Å². The van der Waals surface area contributed by atoms with Gasteiger partial charge in [0.25, 0.3) is 0 Å². The maximum Gasteiger partial charge on any atom is 0.341 e. The van der Waals surface area contributed by atoms with E-state index in [0.29, 0.717) is 111 Å². The summed E-state index contributed by atoms with van der Waals surface area (Å²) in [6.45, 7) is 10.9. The third kappa shape index (κ3) is 27.3. The molecule has 5 heterocycles. The molecule has 144 heavy (non-hydrogen) atoms. The summed E-state index contributed by atoms with van der Waals surface area (Å²) in [5.41, 5.74) is 18.9. The lowest BCUT2D eigenvalue weighted by Crippen LogP contribution is -2.07. The van der Waals surface area contributed by atoms with Crippen molar-refractivity contribution < 1.29 is 85.2 Å². The number of ether oxygens (including phenoxy) is 5. The van der Waals surface area contributed by atoms with Crippen molar-refractivity contribution in [3.8, 4) is 28.7 Å². The molecular formula is C118H95Br3F5N5O13. The van der Waals surface area contributed by atoms with Crippen LogP contribution < -0.4 is 18.9 Å². The Morgan fingerprint density at radius 2 is 0.507 bits per heavy atom. The zero-order valence-electron chi connectivity index (χ0n) is 78.8. The normalized spacial score (nSPS) is 10.8. The molecule has 0 fully saturated rings. The van der Waals surface area contributed by atoms with Crippen molar-refractivity contribution in [2.45, 2.75) is 93.2 Å². The summed E-state index contributed by atoms with van der Waals surface area (Å²) in [6, 6.07) is 88.6. The number of rotatable bonds is 26. The molecule has 0 saturated heterocycles. The van der Waals surface area contributed by atoms with E-state index in [1.54, 1.807) is 111 Å². The highest BCUT2D eigenvalue weighted by Crippen LogP contribution is 2.41. The molecule has 726 valence electrons. The summed E-state index contributed by atoms with van der Waals surface area (Å²) in [4.78, 5) is 70.1. The lowest BCUT2D eigenvalue weighted by atomic mass is 9.99. The molecule has 18 nitrogen and oxygen atoms in total. The summed E-state index contributed by atoms with van der Waals surface area (Å²) in [6.07, 6.45) is 11.5. The molecule has 4 N–H and O–H groups in total. The summed E-state index contributed by atoms with van der Waals surface area (Å²) in [5, 5.41) is 42.3. The van der Waals surface area contributed by atoms with Crippen molar-refractivity contribution in [3.05, 3.63) is 494 Å². The molecule has 0 atom stereocenters. The Kier molecular flexibility index (Phi) is 35.7. The molecule has 5 aromatic heterocycles. The van der Waals surface area contributed by atoms with Crippen LogP contribution in [0.15, 0.2) is 348 Å². The van der Waals surface area contributed by atoms with Crippen LogP contribution in [0.2, 0.25) is 0 Å². The second kappa shape index (κ2) is 49.5. The zero-order chi connectivity index (χ0) is 102. The van der Waals surface area contributed by atoms with Gasteiger partial charge in [0.15, 0.2) is 11.5 Å². The standard InChI is InChI=1S/C25H19BrFNO3.C25H20FNO3.C24H17BrFNO3.C24H19BrFNO.C18H14FNO3.C2H6/c1-30-25(29)21-13-22(26)20-12-18(11-16-7-9-19(27)10-8-16)14-28-23(20)24(21)31-15-17-5-3-2-4-6-17;1-16-11-22(25(28)29)21-13-19(12-17-7-9-20(26)10-8-17)14-27-23(21)24(16)30-15-18-5-3-2-4-6-18;25-21-12-20(24(28)29)23(30-14-16-4-2-1-3-5-16)22-19(21)11-17(13-27-22)10-15-6-8-18(26)9-7-15;1-16-11-22(25)21-13-19(12-17-7-9-20(26)10-8-17)14-27-23(21)24(16)28-15-18-5-3-2-4-6-18;1-10-6-15(18(22)23)14-8-12(9-20-16(14)17(10)21)7-11-2-4-13(19)5-3-11;1-2/h2-10,12-14H,11,15H2,1H3;2-11,13-14H,12,15H2,1H3,(H,28,29);1-9,11-13H,10,14H2,(H,28,29);2-11,13-14H,12,15H2,1H3;2-6,8-9,21H,7H2,1H3,(H,22,23);1-2H3. The number of carboxylic acid groups (broad SMARTS) is 3. The molecule has 14 aromatic carbocycles. The Balaban J connectivity index is 0.000000142. The monoisotopic (exact) mass is 2120 g/mol. The van der Waals surface area contributed by atoms with Crippen molar-refractivity contribution in [2.75, 3.05) is 7.11 Å². The average molecular weight is 2130 g/mol. The van der Waals surface area contributed by atoms with Gasteiger partial charge in [-0.1, -0.05) is 244 Å². The smallest absolute Gasteiger partial charge is 0.341 e. The maximum atomic E-state index is 13.2. The number of pyridine rings is 5. The number of hydrogen-bond acceptors (Lipinski definition) is 15. The van der Waals surface area contributed by atoms with E-state index < -0.39 is 23.9 Å². The van der Waals surface area contributed by atoms with Crippen molar-refractivity contribution in [1.29, 1.82) is 0 Å². The molecule has 0 saturated carbocycles. The molecule has 26 heteroatoms.